The van der Waals surface area contributed by atoms with Gasteiger partial charge in [-0.05, 0) is 37.3 Å². The molecule has 0 fully saturated rings. The van der Waals surface area contributed by atoms with E-state index in [9.17, 15) is 18.0 Å². The molecule has 1 amide bonds. The maximum atomic E-state index is 12.8. The Morgan fingerprint density at radius 1 is 1.10 bits per heavy atom. The van der Waals surface area contributed by atoms with E-state index in [1.165, 1.54) is 19.2 Å². The second-order valence-corrected chi connectivity index (χ2v) is 5.99. The lowest BCUT2D eigenvalue weighted by atomic mass is 10.1. The molecule has 3 aromatic rings. The molecule has 0 bridgehead atoms. The molecule has 0 atom stereocenters. The lowest BCUT2D eigenvalue weighted by Crippen LogP contribution is -2.13. The maximum Gasteiger partial charge on any atom is 0.435 e. The topological polar surface area (TPSA) is 85.8 Å². The lowest BCUT2D eigenvalue weighted by molar-refractivity contribution is -0.141. The number of nitrogens with two attached hydrogens (primary N) is 1. The predicted octanol–water partition coefficient (Wildman–Crippen LogP) is 4.67. The Morgan fingerprint density at radius 2 is 1.72 bits per heavy atom. The summed E-state index contributed by atoms with van der Waals surface area (Å²) in [5, 5.41) is 6.06. The highest BCUT2D eigenvalue weighted by Gasteiger charge is 2.35. The van der Waals surface area contributed by atoms with Gasteiger partial charge >= 0.3 is 6.18 Å². The van der Waals surface area contributed by atoms with Crippen LogP contribution < -0.4 is 11.1 Å². The van der Waals surface area contributed by atoms with Crippen LogP contribution in [0.2, 0.25) is 0 Å². The van der Waals surface area contributed by atoms with Gasteiger partial charge in [0.1, 0.15) is 11.6 Å². The van der Waals surface area contributed by atoms with E-state index in [4.69, 9.17) is 5.73 Å². The summed E-state index contributed by atoms with van der Waals surface area (Å²) in [6.45, 7) is 5.91. The fourth-order valence-electron chi connectivity index (χ4n) is 2.51. The Hall–Kier alpha value is -3.36. The third-order valence-electron chi connectivity index (χ3n) is 3.93. The summed E-state index contributed by atoms with van der Waals surface area (Å²) in [6, 6.07) is 10.8. The standard InChI is InChI=1S/C18H16F3N5O.C2H6/c1-10-3-5-11(6-4-10)17(27)24-15-8-7-12(16(22)23-15)13-9-14(18(19,20)21)25-26(13)2;1-2/h3-9H,1-2H3,(H3,22,23,24,27);1-2H3. The lowest BCUT2D eigenvalue weighted by Gasteiger charge is -2.09. The van der Waals surface area contributed by atoms with Gasteiger partial charge in [-0.2, -0.15) is 18.3 Å². The van der Waals surface area contributed by atoms with E-state index in [1.807, 2.05) is 20.8 Å². The molecular formula is C20H22F3N5O. The van der Waals surface area contributed by atoms with Gasteiger partial charge in [0.05, 0.1) is 5.69 Å². The van der Waals surface area contributed by atoms with E-state index in [0.717, 1.165) is 16.3 Å². The van der Waals surface area contributed by atoms with Crippen LogP contribution in [0.3, 0.4) is 0 Å². The van der Waals surface area contributed by atoms with E-state index < -0.39 is 11.9 Å². The number of nitrogens with zero attached hydrogens (tertiary/aromatic N) is 3. The number of hydrogen-bond acceptors (Lipinski definition) is 4. The highest BCUT2D eigenvalue weighted by molar-refractivity contribution is 6.04. The van der Waals surface area contributed by atoms with Crippen LogP contribution >= 0.6 is 0 Å². The van der Waals surface area contributed by atoms with Crippen LogP contribution in [-0.4, -0.2) is 20.7 Å². The van der Waals surface area contributed by atoms with Crippen molar-refractivity contribution in [2.24, 2.45) is 7.05 Å². The number of alkyl halides is 3. The molecule has 2 heterocycles. The van der Waals surface area contributed by atoms with E-state index in [-0.39, 0.29) is 28.8 Å². The summed E-state index contributed by atoms with van der Waals surface area (Å²) >= 11 is 0. The average Bonchev–Trinajstić information content (AvgIpc) is 3.06. The van der Waals surface area contributed by atoms with Crippen molar-refractivity contribution in [1.29, 1.82) is 0 Å². The molecule has 9 heteroatoms. The first-order chi connectivity index (χ1) is 13.6. The number of hydrogen-bond donors (Lipinski definition) is 2. The summed E-state index contributed by atoms with van der Waals surface area (Å²) in [4.78, 5) is 16.3. The van der Waals surface area contributed by atoms with Gasteiger partial charge < -0.3 is 11.1 Å². The molecule has 0 aliphatic carbocycles. The van der Waals surface area contributed by atoms with Crippen molar-refractivity contribution in [3.8, 4) is 11.3 Å². The van der Waals surface area contributed by atoms with Gasteiger partial charge in [0.15, 0.2) is 5.69 Å². The third-order valence-corrected chi connectivity index (χ3v) is 3.93. The zero-order valence-corrected chi connectivity index (χ0v) is 16.5. The molecule has 29 heavy (non-hydrogen) atoms. The molecule has 6 nitrogen and oxygen atoms in total. The van der Waals surface area contributed by atoms with Crippen molar-refractivity contribution in [2.45, 2.75) is 26.9 Å². The molecule has 3 rings (SSSR count). The Labute approximate surface area is 166 Å². The monoisotopic (exact) mass is 405 g/mol. The van der Waals surface area contributed by atoms with E-state index >= 15 is 0 Å². The SMILES string of the molecule is CC.Cc1ccc(C(=O)Nc2ccc(-c3cc(C(F)(F)F)nn3C)c(N)n2)cc1. The first kappa shape index (κ1) is 21.9. The average molecular weight is 405 g/mol. The van der Waals surface area contributed by atoms with Gasteiger partial charge in [-0.25, -0.2) is 4.98 Å². The van der Waals surface area contributed by atoms with Crippen LogP contribution in [0.5, 0.6) is 0 Å². The summed E-state index contributed by atoms with van der Waals surface area (Å²) < 4.78 is 39.5. The van der Waals surface area contributed by atoms with Crippen molar-refractivity contribution in [3.05, 3.63) is 59.3 Å². The van der Waals surface area contributed by atoms with Gasteiger partial charge in [0.25, 0.3) is 5.91 Å². The molecule has 0 aliphatic heterocycles. The minimum atomic E-state index is -4.56. The molecular weight excluding hydrogens is 383 g/mol. The number of carbonyl (C=O) groups excluding carboxylic acids is 1. The van der Waals surface area contributed by atoms with Crippen molar-refractivity contribution in [1.82, 2.24) is 14.8 Å². The first-order valence-corrected chi connectivity index (χ1v) is 8.91. The molecule has 0 aliphatic rings. The molecule has 0 radical (unpaired) electrons. The fourth-order valence-corrected chi connectivity index (χ4v) is 2.51. The second-order valence-electron chi connectivity index (χ2n) is 5.99. The minimum Gasteiger partial charge on any atom is -0.383 e. The highest BCUT2D eigenvalue weighted by atomic mass is 19.4. The number of nitrogen functional groups attached to an aromatic ring is 1. The smallest absolute Gasteiger partial charge is 0.383 e. The summed E-state index contributed by atoms with van der Waals surface area (Å²) in [7, 11) is 1.39. The molecule has 0 saturated heterocycles. The van der Waals surface area contributed by atoms with Crippen LogP contribution in [0.4, 0.5) is 24.8 Å². The number of benzene rings is 1. The highest BCUT2D eigenvalue weighted by Crippen LogP contribution is 2.33. The number of nitrogens with one attached hydrogen (secondary N) is 1. The fraction of sp³-hybridized carbons (Fsp3) is 0.250. The third kappa shape index (κ3) is 5.13. The number of amides is 1. The Kier molecular flexibility index (Phi) is 6.63. The van der Waals surface area contributed by atoms with Crippen LogP contribution in [0.25, 0.3) is 11.3 Å². The van der Waals surface area contributed by atoms with Gasteiger partial charge in [-0.1, -0.05) is 31.5 Å². The van der Waals surface area contributed by atoms with Crippen LogP contribution in [-0.2, 0) is 13.2 Å². The molecule has 2 aromatic heterocycles. The second kappa shape index (κ2) is 8.76. The number of halogens is 3. The van der Waals surface area contributed by atoms with Gasteiger partial charge in [0.2, 0.25) is 0 Å². The number of carbonyl (C=O) groups is 1. The molecule has 3 N–H and O–H groups in total. The quantitative estimate of drug-likeness (QED) is 0.663. The largest absolute Gasteiger partial charge is 0.435 e. The Morgan fingerprint density at radius 3 is 2.24 bits per heavy atom. The van der Waals surface area contributed by atoms with E-state index in [1.54, 1.807) is 24.3 Å². The summed E-state index contributed by atoms with van der Waals surface area (Å²) in [5.74, 6) is -0.192. The Bertz CT molecular complexity index is 994. The Balaban J connectivity index is 0.00000145. The van der Waals surface area contributed by atoms with E-state index in [0.29, 0.717) is 5.56 Å². The first-order valence-electron chi connectivity index (χ1n) is 8.91. The predicted molar refractivity (Wildman–Crippen MR) is 106 cm³/mol. The normalized spacial score (nSPS) is 10.9. The zero-order valence-electron chi connectivity index (χ0n) is 16.5. The number of pyridine rings is 1. The van der Waals surface area contributed by atoms with Gasteiger partial charge in [0, 0.05) is 18.2 Å². The number of aryl methyl sites for hydroxylation is 2. The van der Waals surface area contributed by atoms with Crippen LogP contribution in [0.1, 0.15) is 35.5 Å². The van der Waals surface area contributed by atoms with Gasteiger partial charge in [-0.15, -0.1) is 0 Å². The van der Waals surface area contributed by atoms with Crippen LogP contribution in [0.15, 0.2) is 42.5 Å². The summed E-state index contributed by atoms with van der Waals surface area (Å²) in [5.41, 5.74) is 6.80. The molecule has 0 saturated carbocycles. The van der Waals surface area contributed by atoms with Crippen molar-refractivity contribution in [3.63, 3.8) is 0 Å². The van der Waals surface area contributed by atoms with Crippen molar-refractivity contribution in [2.75, 3.05) is 11.1 Å². The number of anilines is 2. The number of rotatable bonds is 3. The van der Waals surface area contributed by atoms with Crippen LogP contribution in [0, 0.1) is 6.92 Å². The maximum absolute atomic E-state index is 12.8. The number of aromatic nitrogens is 3. The zero-order chi connectivity index (χ0) is 21.8. The van der Waals surface area contributed by atoms with Gasteiger partial charge in [-0.3, -0.25) is 9.48 Å². The van der Waals surface area contributed by atoms with Crippen molar-refractivity contribution < 1.29 is 18.0 Å². The molecule has 154 valence electrons. The van der Waals surface area contributed by atoms with Crippen molar-refractivity contribution >= 4 is 17.5 Å². The molecule has 1 aromatic carbocycles. The molecule has 0 spiro atoms. The molecule has 0 unspecified atom stereocenters. The van der Waals surface area contributed by atoms with E-state index in [2.05, 4.69) is 15.4 Å². The summed E-state index contributed by atoms with van der Waals surface area (Å²) in [6.07, 6.45) is -4.56. The minimum absolute atomic E-state index is 0.0200.